The van der Waals surface area contributed by atoms with Crippen LogP contribution in [0.3, 0.4) is 0 Å². The molecule has 1 fully saturated rings. The topological polar surface area (TPSA) is 35.2 Å². The van der Waals surface area contributed by atoms with E-state index in [1.807, 2.05) is 18.2 Å². The molecule has 0 radical (unpaired) electrons. The van der Waals surface area contributed by atoms with Crippen molar-refractivity contribution in [2.45, 2.75) is 38.1 Å². The van der Waals surface area contributed by atoms with Gasteiger partial charge < -0.3 is 10.5 Å². The van der Waals surface area contributed by atoms with E-state index in [1.165, 1.54) is 32.1 Å². The molecule has 94 valence electrons. The van der Waals surface area contributed by atoms with Gasteiger partial charge in [-0.25, -0.2) is 0 Å². The molecule has 0 aromatic heterocycles. The second-order valence-electron chi connectivity index (χ2n) is 4.81. The Balaban J connectivity index is 2.21. The molecule has 3 heteroatoms. The third kappa shape index (κ3) is 2.93. The summed E-state index contributed by atoms with van der Waals surface area (Å²) in [6.45, 7) is 0. The van der Waals surface area contributed by atoms with Crippen LogP contribution in [0.25, 0.3) is 0 Å². The van der Waals surface area contributed by atoms with Crippen molar-refractivity contribution in [1.82, 2.24) is 0 Å². The summed E-state index contributed by atoms with van der Waals surface area (Å²) in [7, 11) is 1.68. The van der Waals surface area contributed by atoms with Crippen molar-refractivity contribution in [3.8, 4) is 5.75 Å². The number of hydrogen-bond acceptors (Lipinski definition) is 2. The second kappa shape index (κ2) is 5.74. The SMILES string of the molecule is COc1ccc(Cl)cc1C(N)C1CCCCC1. The van der Waals surface area contributed by atoms with E-state index < -0.39 is 0 Å². The molecule has 2 nitrogen and oxygen atoms in total. The smallest absolute Gasteiger partial charge is 0.123 e. The fraction of sp³-hybridized carbons (Fsp3) is 0.571. The first-order valence-electron chi connectivity index (χ1n) is 6.31. The van der Waals surface area contributed by atoms with Gasteiger partial charge >= 0.3 is 0 Å². The van der Waals surface area contributed by atoms with E-state index in [0.717, 1.165) is 16.3 Å². The predicted octanol–water partition coefficient (Wildman–Crippen LogP) is 3.93. The molecular formula is C14H20ClNO. The third-order valence-corrected chi connectivity index (χ3v) is 3.94. The standard InChI is InChI=1S/C14H20ClNO/c1-17-13-8-7-11(15)9-12(13)14(16)10-5-3-2-4-6-10/h7-10,14H,2-6,16H2,1H3. The summed E-state index contributed by atoms with van der Waals surface area (Å²) in [5.41, 5.74) is 7.42. The molecule has 0 bridgehead atoms. The van der Waals surface area contributed by atoms with Crippen LogP contribution in [-0.2, 0) is 0 Å². The summed E-state index contributed by atoms with van der Waals surface area (Å²) in [5, 5.41) is 0.729. The van der Waals surface area contributed by atoms with Crippen LogP contribution >= 0.6 is 11.6 Å². The highest BCUT2D eigenvalue weighted by Crippen LogP contribution is 2.37. The van der Waals surface area contributed by atoms with Crippen LogP contribution in [0, 0.1) is 5.92 Å². The van der Waals surface area contributed by atoms with E-state index in [1.54, 1.807) is 7.11 Å². The third-order valence-electron chi connectivity index (χ3n) is 3.71. The number of hydrogen-bond donors (Lipinski definition) is 1. The molecule has 17 heavy (non-hydrogen) atoms. The monoisotopic (exact) mass is 253 g/mol. The maximum absolute atomic E-state index is 6.38. The van der Waals surface area contributed by atoms with Crippen molar-refractivity contribution in [3.63, 3.8) is 0 Å². The molecule has 1 aliphatic rings. The molecule has 0 spiro atoms. The van der Waals surface area contributed by atoms with Crippen molar-refractivity contribution in [2.75, 3.05) is 7.11 Å². The van der Waals surface area contributed by atoms with Gasteiger partial charge in [-0.2, -0.15) is 0 Å². The van der Waals surface area contributed by atoms with Gasteiger partial charge in [0.25, 0.3) is 0 Å². The summed E-state index contributed by atoms with van der Waals surface area (Å²) in [6.07, 6.45) is 6.37. The summed E-state index contributed by atoms with van der Waals surface area (Å²) in [6, 6.07) is 5.74. The molecule has 0 heterocycles. The average molecular weight is 254 g/mol. The zero-order valence-electron chi connectivity index (χ0n) is 10.3. The molecular weight excluding hydrogens is 234 g/mol. The van der Waals surface area contributed by atoms with Gasteiger partial charge in [0.05, 0.1) is 7.11 Å². The van der Waals surface area contributed by atoms with E-state index >= 15 is 0 Å². The van der Waals surface area contributed by atoms with Crippen molar-refractivity contribution in [1.29, 1.82) is 0 Å². The maximum Gasteiger partial charge on any atom is 0.123 e. The van der Waals surface area contributed by atoms with Crippen LogP contribution in [0.1, 0.15) is 43.7 Å². The molecule has 0 saturated heterocycles. The highest BCUT2D eigenvalue weighted by Gasteiger charge is 2.24. The lowest BCUT2D eigenvalue weighted by atomic mass is 9.81. The van der Waals surface area contributed by atoms with Crippen LogP contribution in [0.4, 0.5) is 0 Å². The Morgan fingerprint density at radius 3 is 2.65 bits per heavy atom. The maximum atomic E-state index is 6.38. The molecule has 1 aromatic carbocycles. The van der Waals surface area contributed by atoms with Crippen LogP contribution in [0.15, 0.2) is 18.2 Å². The number of methoxy groups -OCH3 is 1. The van der Waals surface area contributed by atoms with Gasteiger partial charge in [-0.15, -0.1) is 0 Å². The predicted molar refractivity (Wildman–Crippen MR) is 71.5 cm³/mol. The van der Waals surface area contributed by atoms with Crippen molar-refractivity contribution in [3.05, 3.63) is 28.8 Å². The number of nitrogens with two attached hydrogens (primary N) is 1. The van der Waals surface area contributed by atoms with Crippen molar-refractivity contribution in [2.24, 2.45) is 11.7 Å². The molecule has 2 N–H and O–H groups in total. The fourth-order valence-electron chi connectivity index (χ4n) is 2.71. The Labute approximate surface area is 108 Å². The van der Waals surface area contributed by atoms with E-state index in [9.17, 15) is 0 Å². The minimum absolute atomic E-state index is 0.0453. The Bertz CT molecular complexity index is 374. The van der Waals surface area contributed by atoms with Gasteiger partial charge in [0.1, 0.15) is 5.75 Å². The van der Waals surface area contributed by atoms with Crippen LogP contribution in [0.5, 0.6) is 5.75 Å². The second-order valence-corrected chi connectivity index (χ2v) is 5.25. The molecule has 1 aliphatic carbocycles. The van der Waals surface area contributed by atoms with Crippen molar-refractivity contribution >= 4 is 11.6 Å². The average Bonchev–Trinajstić information content (AvgIpc) is 2.39. The zero-order chi connectivity index (χ0) is 12.3. The largest absolute Gasteiger partial charge is 0.496 e. The van der Waals surface area contributed by atoms with Gasteiger partial charge in [-0.1, -0.05) is 30.9 Å². The summed E-state index contributed by atoms with van der Waals surface area (Å²) < 4.78 is 5.37. The van der Waals surface area contributed by atoms with Crippen LogP contribution in [-0.4, -0.2) is 7.11 Å². The van der Waals surface area contributed by atoms with Gasteiger partial charge in [-0.3, -0.25) is 0 Å². The summed E-state index contributed by atoms with van der Waals surface area (Å²) >= 11 is 6.05. The minimum atomic E-state index is 0.0453. The quantitative estimate of drug-likeness (QED) is 0.886. The Hall–Kier alpha value is -0.730. The number of halogens is 1. The van der Waals surface area contributed by atoms with E-state index in [0.29, 0.717) is 5.92 Å². The van der Waals surface area contributed by atoms with Crippen molar-refractivity contribution < 1.29 is 4.74 Å². The lowest BCUT2D eigenvalue weighted by Gasteiger charge is -2.28. The Kier molecular flexibility index (Phi) is 4.30. The van der Waals surface area contributed by atoms with Crippen LogP contribution in [0.2, 0.25) is 5.02 Å². The van der Waals surface area contributed by atoms with Gasteiger partial charge in [0.15, 0.2) is 0 Å². The van der Waals surface area contributed by atoms with Gasteiger partial charge in [0, 0.05) is 16.6 Å². The normalized spacial score (nSPS) is 19.0. The molecule has 1 aromatic rings. The molecule has 0 aliphatic heterocycles. The number of benzene rings is 1. The molecule has 1 unspecified atom stereocenters. The molecule has 0 amide bonds. The number of ether oxygens (including phenoxy) is 1. The first kappa shape index (κ1) is 12.7. The van der Waals surface area contributed by atoms with Gasteiger partial charge in [0.2, 0.25) is 0 Å². The molecule has 1 saturated carbocycles. The first-order valence-corrected chi connectivity index (χ1v) is 6.69. The highest BCUT2D eigenvalue weighted by atomic mass is 35.5. The number of rotatable bonds is 3. The summed E-state index contributed by atoms with van der Waals surface area (Å²) in [4.78, 5) is 0. The minimum Gasteiger partial charge on any atom is -0.496 e. The highest BCUT2D eigenvalue weighted by molar-refractivity contribution is 6.30. The Morgan fingerprint density at radius 1 is 1.29 bits per heavy atom. The van der Waals surface area contributed by atoms with Crippen LogP contribution < -0.4 is 10.5 Å². The molecule has 2 rings (SSSR count). The van der Waals surface area contributed by atoms with Gasteiger partial charge in [-0.05, 0) is 37.0 Å². The molecule has 1 atom stereocenters. The lowest BCUT2D eigenvalue weighted by Crippen LogP contribution is -2.24. The first-order chi connectivity index (χ1) is 8.22. The summed E-state index contributed by atoms with van der Waals surface area (Å²) in [5.74, 6) is 1.42. The fourth-order valence-corrected chi connectivity index (χ4v) is 2.89. The van der Waals surface area contributed by atoms with E-state index in [4.69, 9.17) is 22.1 Å². The van der Waals surface area contributed by atoms with E-state index in [-0.39, 0.29) is 6.04 Å². The van der Waals surface area contributed by atoms with E-state index in [2.05, 4.69) is 0 Å². The Morgan fingerprint density at radius 2 is 2.00 bits per heavy atom. The lowest BCUT2D eigenvalue weighted by molar-refractivity contribution is 0.301. The zero-order valence-corrected chi connectivity index (χ0v) is 11.0.